The summed E-state index contributed by atoms with van der Waals surface area (Å²) in [4.78, 5) is 22.1. The molecule has 0 bridgehead atoms. The van der Waals surface area contributed by atoms with Crippen LogP contribution in [0.1, 0.15) is 34.1 Å². The van der Waals surface area contributed by atoms with E-state index in [0.29, 0.717) is 0 Å². The molecule has 0 spiro atoms. The first-order chi connectivity index (χ1) is 7.11. The van der Waals surface area contributed by atoms with Gasteiger partial charge in [0.05, 0.1) is 0 Å². The fourth-order valence-corrected chi connectivity index (χ4v) is 1.45. The lowest BCUT2D eigenvalue weighted by molar-refractivity contribution is -0.117. The van der Waals surface area contributed by atoms with Gasteiger partial charge in [0.15, 0.2) is 11.1 Å². The fourth-order valence-electron chi connectivity index (χ4n) is 0.873. The summed E-state index contributed by atoms with van der Waals surface area (Å²) >= 11 is -2.31. The molecule has 0 aromatic carbocycles. The smallest absolute Gasteiger partial charge is 0.408 e. The maximum atomic E-state index is 11.3. The van der Waals surface area contributed by atoms with Crippen molar-refractivity contribution in [1.29, 1.82) is 0 Å². The van der Waals surface area contributed by atoms with Crippen molar-refractivity contribution in [2.45, 2.75) is 45.1 Å². The van der Waals surface area contributed by atoms with Crippen LogP contribution in [0.5, 0.6) is 0 Å². The summed E-state index contributed by atoms with van der Waals surface area (Å²) in [6, 6.07) is 0. The Balaban J connectivity index is 4.35. The second-order valence-corrected chi connectivity index (χ2v) is 5.44. The third-order valence-electron chi connectivity index (χ3n) is 1.39. The number of hydrogen-bond acceptors (Lipinski definition) is 4. The summed E-state index contributed by atoms with van der Waals surface area (Å²) in [6.07, 6.45) is -1.02. The molecule has 7 heteroatoms. The molecular formula is C9H17NO5S. The van der Waals surface area contributed by atoms with Crippen LogP contribution < -0.4 is 5.32 Å². The number of rotatable bonds is 4. The zero-order valence-electron chi connectivity index (χ0n) is 9.77. The van der Waals surface area contributed by atoms with E-state index in [1.54, 1.807) is 20.8 Å². The Bertz CT molecular complexity index is 297. The van der Waals surface area contributed by atoms with E-state index in [1.165, 1.54) is 6.92 Å². The normalized spacial score (nSPS) is 15.1. The van der Waals surface area contributed by atoms with Crippen LogP contribution in [0.25, 0.3) is 0 Å². The molecule has 0 saturated carbocycles. The molecule has 0 radical (unpaired) electrons. The van der Waals surface area contributed by atoms with Crippen LogP contribution in [0.2, 0.25) is 0 Å². The Labute approximate surface area is 97.0 Å². The molecule has 6 nitrogen and oxygen atoms in total. The van der Waals surface area contributed by atoms with Gasteiger partial charge in [0, 0.05) is 6.42 Å². The summed E-state index contributed by atoms with van der Waals surface area (Å²) in [7, 11) is 0. The number of nitrogens with one attached hydrogen (secondary N) is 1. The van der Waals surface area contributed by atoms with Gasteiger partial charge in [0.25, 0.3) is 0 Å². The fraction of sp³-hybridized carbons (Fsp3) is 0.778. The minimum absolute atomic E-state index is 0.206. The number of carbonyl (C=O) groups is 2. The molecule has 0 fully saturated rings. The highest BCUT2D eigenvalue weighted by Crippen LogP contribution is 2.07. The molecule has 2 N–H and O–H groups in total. The van der Waals surface area contributed by atoms with Crippen molar-refractivity contribution in [1.82, 2.24) is 5.32 Å². The first-order valence-corrected chi connectivity index (χ1v) is 5.87. The molecule has 0 aliphatic carbocycles. The molecule has 0 aromatic heterocycles. The second-order valence-electron chi connectivity index (χ2n) is 4.32. The molecule has 0 heterocycles. The predicted octanol–water partition coefficient (Wildman–Crippen LogP) is 1.04. The quantitative estimate of drug-likeness (QED) is 0.728. The number of amides is 1. The van der Waals surface area contributed by atoms with Crippen LogP contribution in [0, 0.1) is 0 Å². The number of ether oxygens (including phenoxy) is 1. The number of Topliss-reactive ketones (excluding diaryl/α,β-unsaturated/α-hetero) is 1. The van der Waals surface area contributed by atoms with Crippen LogP contribution >= 0.6 is 0 Å². The van der Waals surface area contributed by atoms with E-state index in [0.717, 1.165) is 0 Å². The molecular weight excluding hydrogens is 234 g/mol. The van der Waals surface area contributed by atoms with Gasteiger partial charge >= 0.3 is 6.09 Å². The SMILES string of the molecule is CC(=O)CC(NC(=O)OC(C)(C)C)S(=O)O. The predicted molar refractivity (Wildman–Crippen MR) is 59.2 cm³/mol. The molecule has 0 aliphatic rings. The maximum absolute atomic E-state index is 11.3. The molecule has 0 aromatic rings. The minimum Gasteiger partial charge on any atom is -0.444 e. The largest absolute Gasteiger partial charge is 0.444 e. The summed E-state index contributed by atoms with van der Waals surface area (Å²) in [5.41, 5.74) is -0.693. The molecule has 0 saturated heterocycles. The van der Waals surface area contributed by atoms with Gasteiger partial charge in [0.1, 0.15) is 16.8 Å². The molecule has 0 rings (SSSR count). The van der Waals surface area contributed by atoms with E-state index in [1.807, 2.05) is 0 Å². The number of alkyl carbamates (subject to hydrolysis) is 1. The van der Waals surface area contributed by atoms with Crippen LogP contribution in [0.3, 0.4) is 0 Å². The second kappa shape index (κ2) is 5.95. The molecule has 2 unspecified atom stereocenters. The third-order valence-corrected chi connectivity index (χ3v) is 2.17. The average Bonchev–Trinajstić information content (AvgIpc) is 1.97. The van der Waals surface area contributed by atoms with Gasteiger partial charge in [-0.2, -0.15) is 0 Å². The Morgan fingerprint density at radius 1 is 1.44 bits per heavy atom. The van der Waals surface area contributed by atoms with Gasteiger partial charge in [-0.05, 0) is 27.7 Å². The topological polar surface area (TPSA) is 92.7 Å². The molecule has 0 aliphatic heterocycles. The Kier molecular flexibility index (Phi) is 5.60. The van der Waals surface area contributed by atoms with E-state index < -0.39 is 28.1 Å². The zero-order chi connectivity index (χ0) is 12.9. The van der Waals surface area contributed by atoms with Gasteiger partial charge in [-0.3, -0.25) is 4.79 Å². The van der Waals surface area contributed by atoms with Crippen molar-refractivity contribution >= 4 is 23.0 Å². The average molecular weight is 251 g/mol. The summed E-state index contributed by atoms with van der Waals surface area (Å²) < 4.78 is 24.6. The lowest BCUT2D eigenvalue weighted by atomic mass is 10.2. The van der Waals surface area contributed by atoms with Gasteiger partial charge in [-0.1, -0.05) is 0 Å². The van der Waals surface area contributed by atoms with Crippen molar-refractivity contribution in [2.75, 3.05) is 0 Å². The van der Waals surface area contributed by atoms with E-state index in [9.17, 15) is 13.8 Å². The van der Waals surface area contributed by atoms with Gasteiger partial charge in [-0.25, -0.2) is 9.00 Å². The first-order valence-electron chi connectivity index (χ1n) is 4.70. The van der Waals surface area contributed by atoms with Gasteiger partial charge in [0.2, 0.25) is 0 Å². The van der Waals surface area contributed by atoms with E-state index in [4.69, 9.17) is 9.29 Å². The molecule has 16 heavy (non-hydrogen) atoms. The summed E-state index contributed by atoms with van der Waals surface area (Å²) in [5, 5.41) is 1.04. The van der Waals surface area contributed by atoms with E-state index >= 15 is 0 Å². The van der Waals surface area contributed by atoms with Crippen molar-refractivity contribution in [3.8, 4) is 0 Å². The lowest BCUT2D eigenvalue weighted by Gasteiger charge is -2.21. The minimum atomic E-state index is -2.31. The van der Waals surface area contributed by atoms with Crippen LogP contribution in [-0.4, -0.2) is 31.6 Å². The van der Waals surface area contributed by atoms with Crippen molar-refractivity contribution in [2.24, 2.45) is 0 Å². The molecule has 94 valence electrons. The summed E-state index contributed by atoms with van der Waals surface area (Å²) in [5.74, 6) is -0.288. The number of hydrogen-bond donors (Lipinski definition) is 2. The van der Waals surface area contributed by atoms with Crippen molar-refractivity contribution in [3.63, 3.8) is 0 Å². The van der Waals surface area contributed by atoms with Gasteiger partial charge in [-0.15, -0.1) is 0 Å². The number of carbonyl (C=O) groups excluding carboxylic acids is 2. The Hall–Kier alpha value is -0.950. The first kappa shape index (κ1) is 15.0. The molecule has 1 amide bonds. The van der Waals surface area contributed by atoms with E-state index in [2.05, 4.69) is 5.32 Å². The van der Waals surface area contributed by atoms with Crippen LogP contribution in [0.4, 0.5) is 4.79 Å². The van der Waals surface area contributed by atoms with Crippen molar-refractivity contribution in [3.05, 3.63) is 0 Å². The Morgan fingerprint density at radius 2 is 1.94 bits per heavy atom. The van der Waals surface area contributed by atoms with Crippen LogP contribution in [0.15, 0.2) is 0 Å². The summed E-state index contributed by atoms with van der Waals surface area (Å²) in [6.45, 7) is 6.28. The zero-order valence-corrected chi connectivity index (χ0v) is 10.6. The standard InChI is InChI=1S/C9H17NO5S/c1-6(11)5-7(16(13)14)10-8(12)15-9(2,3)4/h7H,5H2,1-4H3,(H,10,12)(H,13,14). The highest BCUT2D eigenvalue weighted by molar-refractivity contribution is 7.79. The monoisotopic (exact) mass is 251 g/mol. The lowest BCUT2D eigenvalue weighted by Crippen LogP contribution is -2.42. The molecule has 2 atom stereocenters. The van der Waals surface area contributed by atoms with Crippen molar-refractivity contribution < 1.29 is 23.1 Å². The maximum Gasteiger partial charge on any atom is 0.408 e. The highest BCUT2D eigenvalue weighted by Gasteiger charge is 2.23. The Morgan fingerprint density at radius 3 is 2.25 bits per heavy atom. The highest BCUT2D eigenvalue weighted by atomic mass is 32.2. The third kappa shape index (κ3) is 7.36. The van der Waals surface area contributed by atoms with E-state index in [-0.39, 0.29) is 12.2 Å². The van der Waals surface area contributed by atoms with Crippen LogP contribution in [-0.2, 0) is 20.6 Å². The van der Waals surface area contributed by atoms with Gasteiger partial charge < -0.3 is 14.6 Å². The number of ketones is 1.